The van der Waals surface area contributed by atoms with E-state index in [-0.39, 0.29) is 0 Å². The van der Waals surface area contributed by atoms with Crippen LogP contribution in [0, 0.1) is 0 Å². The number of hydrogen-bond acceptors (Lipinski definition) is 2. The zero-order valence-electron chi connectivity index (χ0n) is 11.5. The van der Waals surface area contributed by atoms with Crippen LogP contribution in [0.5, 0.6) is 0 Å². The first-order chi connectivity index (χ1) is 9.79. The molecule has 0 saturated heterocycles. The molecule has 20 heavy (non-hydrogen) atoms. The Bertz CT molecular complexity index is 635. The number of benzene rings is 2. The maximum atomic E-state index is 6.20. The van der Waals surface area contributed by atoms with Crippen LogP contribution < -0.4 is 4.90 Å². The van der Waals surface area contributed by atoms with Crippen LogP contribution in [0.1, 0.15) is 18.1 Å². The molecule has 1 aliphatic heterocycles. The number of nitrogens with zero attached hydrogens (tertiary/aromatic N) is 2. The van der Waals surface area contributed by atoms with Gasteiger partial charge in [0.1, 0.15) is 0 Å². The van der Waals surface area contributed by atoms with E-state index < -0.39 is 0 Å². The largest absolute Gasteiger partial charge is 0.369 e. The van der Waals surface area contributed by atoms with Gasteiger partial charge in [-0.2, -0.15) is 0 Å². The van der Waals surface area contributed by atoms with Crippen molar-refractivity contribution < 1.29 is 0 Å². The van der Waals surface area contributed by atoms with Gasteiger partial charge in [-0.25, -0.2) is 0 Å². The summed E-state index contributed by atoms with van der Waals surface area (Å²) in [6.07, 6.45) is 0. The Kier molecular flexibility index (Phi) is 3.75. The first-order valence-corrected chi connectivity index (χ1v) is 7.32. The highest BCUT2D eigenvalue weighted by Crippen LogP contribution is 2.28. The van der Waals surface area contributed by atoms with Gasteiger partial charge in [-0.05, 0) is 25.1 Å². The van der Waals surface area contributed by atoms with Gasteiger partial charge in [0.15, 0.2) is 0 Å². The van der Waals surface area contributed by atoms with Crippen molar-refractivity contribution in [2.24, 2.45) is 4.99 Å². The molecule has 0 aliphatic carbocycles. The summed E-state index contributed by atoms with van der Waals surface area (Å²) >= 11 is 6.20. The lowest BCUT2D eigenvalue weighted by atomic mass is 10.0. The first kappa shape index (κ1) is 13.2. The number of likely N-dealkylation sites (N-methyl/N-ethyl adjacent to an activating group) is 1. The van der Waals surface area contributed by atoms with E-state index in [9.17, 15) is 0 Å². The van der Waals surface area contributed by atoms with Crippen LogP contribution in [0.15, 0.2) is 53.5 Å². The molecule has 0 bridgehead atoms. The third-order valence-corrected chi connectivity index (χ3v) is 3.86. The van der Waals surface area contributed by atoms with Crippen LogP contribution in [-0.4, -0.2) is 25.3 Å². The molecular weight excluding hydrogens is 268 g/mol. The van der Waals surface area contributed by atoms with Crippen LogP contribution >= 0.6 is 11.6 Å². The average Bonchev–Trinajstić information content (AvgIpc) is 2.67. The van der Waals surface area contributed by atoms with Gasteiger partial charge in [0, 0.05) is 34.9 Å². The lowest BCUT2D eigenvalue weighted by Crippen LogP contribution is -2.25. The van der Waals surface area contributed by atoms with Gasteiger partial charge >= 0.3 is 0 Å². The summed E-state index contributed by atoms with van der Waals surface area (Å²) in [5.74, 6) is 0. The SMILES string of the molecule is CCN1CCN=C(c2ccccc2)c2cc(Cl)ccc21. The second-order valence-corrected chi connectivity index (χ2v) is 5.27. The zero-order chi connectivity index (χ0) is 13.9. The number of benzodiazepines with no additional fused rings is 1. The van der Waals surface area contributed by atoms with Crippen molar-refractivity contribution in [3.8, 4) is 0 Å². The molecule has 3 rings (SSSR count). The van der Waals surface area contributed by atoms with E-state index in [0.29, 0.717) is 0 Å². The topological polar surface area (TPSA) is 15.6 Å². The van der Waals surface area contributed by atoms with Crippen molar-refractivity contribution in [1.82, 2.24) is 0 Å². The molecule has 2 nitrogen and oxygen atoms in total. The third kappa shape index (κ3) is 2.44. The van der Waals surface area contributed by atoms with E-state index in [1.807, 2.05) is 30.3 Å². The molecule has 102 valence electrons. The summed E-state index contributed by atoms with van der Waals surface area (Å²) in [5.41, 5.74) is 4.54. The molecule has 3 heteroatoms. The summed E-state index contributed by atoms with van der Waals surface area (Å²) < 4.78 is 0. The Morgan fingerprint density at radius 3 is 2.70 bits per heavy atom. The van der Waals surface area contributed by atoms with Crippen LogP contribution in [0.2, 0.25) is 5.02 Å². The number of fused-ring (bicyclic) bond motifs is 1. The van der Waals surface area contributed by atoms with Crippen LogP contribution in [0.3, 0.4) is 0 Å². The maximum Gasteiger partial charge on any atom is 0.0741 e. The van der Waals surface area contributed by atoms with Crippen LogP contribution in [0.4, 0.5) is 5.69 Å². The van der Waals surface area contributed by atoms with Crippen molar-refractivity contribution in [3.05, 3.63) is 64.7 Å². The summed E-state index contributed by atoms with van der Waals surface area (Å²) in [6, 6.07) is 16.4. The monoisotopic (exact) mass is 284 g/mol. The molecular formula is C17H17ClN2. The Labute approximate surface area is 124 Å². The number of rotatable bonds is 2. The van der Waals surface area contributed by atoms with Crippen molar-refractivity contribution in [3.63, 3.8) is 0 Å². The Morgan fingerprint density at radius 2 is 1.95 bits per heavy atom. The number of hydrogen-bond donors (Lipinski definition) is 0. The molecule has 1 aliphatic rings. The van der Waals surface area contributed by atoms with E-state index in [2.05, 4.69) is 30.0 Å². The van der Waals surface area contributed by atoms with Gasteiger partial charge in [0.25, 0.3) is 0 Å². The fourth-order valence-corrected chi connectivity index (χ4v) is 2.81. The second-order valence-electron chi connectivity index (χ2n) is 4.84. The van der Waals surface area contributed by atoms with Gasteiger partial charge in [0.2, 0.25) is 0 Å². The summed E-state index contributed by atoms with van der Waals surface area (Å²) in [5, 5.41) is 0.755. The fourth-order valence-electron chi connectivity index (χ4n) is 2.63. The summed E-state index contributed by atoms with van der Waals surface area (Å²) in [6.45, 7) is 4.91. The van der Waals surface area contributed by atoms with E-state index in [4.69, 9.17) is 16.6 Å². The molecule has 0 N–H and O–H groups in total. The normalized spacial score (nSPS) is 14.5. The highest BCUT2D eigenvalue weighted by atomic mass is 35.5. The average molecular weight is 285 g/mol. The van der Waals surface area contributed by atoms with Gasteiger partial charge < -0.3 is 4.90 Å². The molecule has 0 aromatic heterocycles. The highest BCUT2D eigenvalue weighted by molar-refractivity contribution is 6.31. The van der Waals surface area contributed by atoms with E-state index in [1.165, 1.54) is 5.69 Å². The smallest absolute Gasteiger partial charge is 0.0741 e. The van der Waals surface area contributed by atoms with Crippen molar-refractivity contribution in [2.75, 3.05) is 24.5 Å². The Hall–Kier alpha value is -1.80. The van der Waals surface area contributed by atoms with E-state index in [1.54, 1.807) is 0 Å². The molecule has 0 fully saturated rings. The predicted octanol–water partition coefficient (Wildman–Crippen LogP) is 4.02. The van der Waals surface area contributed by atoms with Gasteiger partial charge in [-0.15, -0.1) is 0 Å². The molecule has 0 spiro atoms. The Morgan fingerprint density at radius 1 is 1.15 bits per heavy atom. The van der Waals surface area contributed by atoms with Crippen LogP contribution in [-0.2, 0) is 0 Å². The molecule has 2 aromatic rings. The lowest BCUT2D eigenvalue weighted by Gasteiger charge is -2.23. The maximum absolute atomic E-state index is 6.20. The highest BCUT2D eigenvalue weighted by Gasteiger charge is 2.18. The molecule has 1 heterocycles. The van der Waals surface area contributed by atoms with Gasteiger partial charge in [0.05, 0.1) is 12.3 Å². The third-order valence-electron chi connectivity index (χ3n) is 3.62. The minimum absolute atomic E-state index is 0.755. The number of aliphatic imine (C=N–C) groups is 1. The number of halogens is 1. The van der Waals surface area contributed by atoms with Crippen molar-refractivity contribution >= 4 is 23.0 Å². The summed E-state index contributed by atoms with van der Waals surface area (Å²) in [4.78, 5) is 7.14. The molecule has 0 saturated carbocycles. The lowest BCUT2D eigenvalue weighted by molar-refractivity contribution is 0.825. The second kappa shape index (κ2) is 5.68. The molecule has 2 aromatic carbocycles. The number of anilines is 1. The van der Waals surface area contributed by atoms with Crippen molar-refractivity contribution in [1.29, 1.82) is 0 Å². The quantitative estimate of drug-likeness (QED) is 0.813. The first-order valence-electron chi connectivity index (χ1n) is 6.94. The molecule has 0 unspecified atom stereocenters. The molecule has 0 amide bonds. The van der Waals surface area contributed by atoms with E-state index in [0.717, 1.165) is 41.5 Å². The fraction of sp³-hybridized carbons (Fsp3) is 0.235. The molecule has 0 radical (unpaired) electrons. The minimum atomic E-state index is 0.755. The van der Waals surface area contributed by atoms with Crippen molar-refractivity contribution in [2.45, 2.75) is 6.92 Å². The zero-order valence-corrected chi connectivity index (χ0v) is 12.3. The van der Waals surface area contributed by atoms with Crippen LogP contribution in [0.25, 0.3) is 0 Å². The van der Waals surface area contributed by atoms with Gasteiger partial charge in [-0.3, -0.25) is 4.99 Å². The predicted molar refractivity (Wildman–Crippen MR) is 86.3 cm³/mol. The minimum Gasteiger partial charge on any atom is -0.369 e. The summed E-state index contributed by atoms with van der Waals surface area (Å²) in [7, 11) is 0. The van der Waals surface area contributed by atoms with E-state index >= 15 is 0 Å². The molecule has 0 atom stereocenters. The Balaban J connectivity index is 2.17. The van der Waals surface area contributed by atoms with Gasteiger partial charge in [-0.1, -0.05) is 41.9 Å². The standard InChI is InChI=1S/C17H17ClN2/c1-2-20-11-10-19-17(13-6-4-3-5-7-13)15-12-14(18)8-9-16(15)20/h3-9,12H,2,10-11H2,1H3.